The monoisotopic (exact) mass is 215 g/mol. The van der Waals surface area contributed by atoms with Crippen LogP contribution in [0, 0.1) is 0 Å². The topological polar surface area (TPSA) is 66.4 Å². The molecular weight excluding hydrogens is 208 g/mol. The molecule has 8 heteroatoms. The zero-order valence-corrected chi connectivity index (χ0v) is 6.04. The molecule has 11 heavy (non-hydrogen) atoms. The Morgan fingerprint density at radius 3 is 2.18 bits per heavy atom. The van der Waals surface area contributed by atoms with Crippen molar-refractivity contribution in [1.82, 2.24) is 5.32 Å². The number of carboxylic acids is 1. The molecule has 0 bridgehead atoms. The molecule has 0 aliphatic carbocycles. The van der Waals surface area contributed by atoms with Gasteiger partial charge in [-0.25, -0.2) is 0 Å². The van der Waals surface area contributed by atoms with Gasteiger partial charge in [0, 0.05) is 10.8 Å². The van der Waals surface area contributed by atoms with Crippen LogP contribution in [0.1, 0.15) is 0 Å². The standard InChI is InChI=1S/C3H5NO3S2.2Na.2H/c5-2(6)1-4-3(7)9-8;;;;/h8H,1H2,(H,4,7)(H,5,6);;;;. The molecule has 0 aromatic carbocycles. The molecule has 2 N–H and O–H groups in total. The fourth-order valence-electron chi connectivity index (χ4n) is 0.180. The predicted molar refractivity (Wildman–Crippen MR) is 51.9 cm³/mol. The summed E-state index contributed by atoms with van der Waals surface area (Å²) >= 11 is 3.53. The van der Waals surface area contributed by atoms with Gasteiger partial charge in [-0.15, -0.1) is 11.7 Å². The molecule has 4 nitrogen and oxygen atoms in total. The van der Waals surface area contributed by atoms with Crippen molar-refractivity contribution < 1.29 is 14.7 Å². The van der Waals surface area contributed by atoms with Crippen molar-refractivity contribution in [2.24, 2.45) is 0 Å². The van der Waals surface area contributed by atoms with Crippen molar-refractivity contribution in [3.63, 3.8) is 0 Å². The van der Waals surface area contributed by atoms with Crippen LogP contribution in [-0.4, -0.2) is 82.0 Å². The molecule has 0 aliphatic heterocycles. The third-order valence-corrected chi connectivity index (χ3v) is 1.27. The van der Waals surface area contributed by atoms with E-state index >= 15 is 0 Å². The number of hydrogen-bond acceptors (Lipinski definition) is 4. The van der Waals surface area contributed by atoms with Gasteiger partial charge < -0.3 is 10.4 Å². The van der Waals surface area contributed by atoms with Crippen LogP contribution < -0.4 is 5.32 Å². The first-order chi connectivity index (χ1) is 4.16. The maximum atomic E-state index is 10.2. The number of carbonyl (C=O) groups is 2. The third-order valence-electron chi connectivity index (χ3n) is 0.467. The van der Waals surface area contributed by atoms with Crippen LogP contribution in [0.5, 0.6) is 0 Å². The first-order valence-corrected chi connectivity index (χ1v) is 3.84. The Balaban J connectivity index is -0.000000320. The van der Waals surface area contributed by atoms with Crippen LogP contribution in [-0.2, 0) is 4.79 Å². The molecule has 0 rings (SSSR count). The van der Waals surface area contributed by atoms with Crippen LogP contribution in [0.25, 0.3) is 0 Å². The van der Waals surface area contributed by atoms with Gasteiger partial charge in [-0.2, -0.15) is 0 Å². The van der Waals surface area contributed by atoms with Gasteiger partial charge in [0.05, 0.1) is 0 Å². The van der Waals surface area contributed by atoms with E-state index in [1.807, 2.05) is 0 Å². The number of aliphatic carboxylic acids is 1. The van der Waals surface area contributed by atoms with Crippen LogP contribution in [0.3, 0.4) is 0 Å². The molecule has 1 amide bonds. The summed E-state index contributed by atoms with van der Waals surface area (Å²) in [5.74, 6) is -1.06. The second kappa shape index (κ2) is 11.6. The molecule has 0 aromatic heterocycles. The zero-order valence-electron chi connectivity index (χ0n) is 4.33. The predicted octanol–water partition coefficient (Wildman–Crippen LogP) is -0.938. The van der Waals surface area contributed by atoms with Crippen molar-refractivity contribution in [3.05, 3.63) is 0 Å². The number of thiol groups is 1. The first kappa shape index (κ1) is 18.4. The fraction of sp³-hybridized carbons (Fsp3) is 0.333. The van der Waals surface area contributed by atoms with Crippen LogP contribution in [0.15, 0.2) is 0 Å². The molecule has 0 aromatic rings. The van der Waals surface area contributed by atoms with E-state index in [0.29, 0.717) is 10.8 Å². The van der Waals surface area contributed by atoms with Crippen molar-refractivity contribution in [3.8, 4) is 0 Å². The quantitative estimate of drug-likeness (QED) is 0.316. The van der Waals surface area contributed by atoms with E-state index in [4.69, 9.17) is 5.11 Å². The molecule has 0 saturated heterocycles. The summed E-state index contributed by atoms with van der Waals surface area (Å²) in [6, 6.07) is 0. The van der Waals surface area contributed by atoms with Gasteiger partial charge in [-0.1, -0.05) is 0 Å². The Kier molecular flexibility index (Phi) is 19.5. The van der Waals surface area contributed by atoms with Crippen molar-refractivity contribution in [2.75, 3.05) is 6.54 Å². The van der Waals surface area contributed by atoms with E-state index in [1.165, 1.54) is 0 Å². The molecule has 0 fully saturated rings. The Hall–Kier alpha value is 1.64. The van der Waals surface area contributed by atoms with Gasteiger partial charge in [0.15, 0.2) is 0 Å². The second-order valence-corrected chi connectivity index (χ2v) is 2.23. The molecular formula is C3H7NNa2O3S2. The Labute approximate surface area is 118 Å². The van der Waals surface area contributed by atoms with Gasteiger partial charge in [0.2, 0.25) is 0 Å². The minimum absolute atomic E-state index is 0. The van der Waals surface area contributed by atoms with E-state index in [2.05, 4.69) is 17.0 Å². The summed E-state index contributed by atoms with van der Waals surface area (Å²) in [7, 11) is 0.648. The molecule has 0 atom stereocenters. The summed E-state index contributed by atoms with van der Waals surface area (Å²) in [6.45, 7) is -0.355. The van der Waals surface area contributed by atoms with Gasteiger partial charge in [0.25, 0.3) is 5.24 Å². The summed E-state index contributed by atoms with van der Waals surface area (Å²) in [6.07, 6.45) is 0. The summed E-state index contributed by atoms with van der Waals surface area (Å²) < 4.78 is 0. The SMILES string of the molecule is O=C(O)CNC(=O)SS.[NaH].[NaH]. The van der Waals surface area contributed by atoms with E-state index in [1.54, 1.807) is 0 Å². The van der Waals surface area contributed by atoms with Gasteiger partial charge in [-0.3, -0.25) is 9.59 Å². The Bertz CT molecular complexity index is 134. The molecule has 0 saturated carbocycles. The van der Waals surface area contributed by atoms with Gasteiger partial charge in [0.1, 0.15) is 6.54 Å². The third kappa shape index (κ3) is 14.5. The second-order valence-electron chi connectivity index (χ2n) is 1.13. The Morgan fingerprint density at radius 2 is 1.91 bits per heavy atom. The zero-order chi connectivity index (χ0) is 7.28. The number of rotatable bonds is 2. The summed E-state index contributed by atoms with van der Waals surface area (Å²) in [4.78, 5) is 20.0. The first-order valence-electron chi connectivity index (χ1n) is 1.98. The van der Waals surface area contributed by atoms with Gasteiger partial charge in [-0.05, 0) is 0 Å². The van der Waals surface area contributed by atoms with E-state index in [9.17, 15) is 9.59 Å². The normalized spacial score (nSPS) is 7.00. The molecule has 56 valence electrons. The van der Waals surface area contributed by atoms with Crippen LogP contribution >= 0.6 is 22.5 Å². The summed E-state index contributed by atoms with van der Waals surface area (Å²) in [5, 5.41) is 9.63. The van der Waals surface area contributed by atoms with Crippen LogP contribution in [0.2, 0.25) is 0 Å². The number of amides is 1. The fourth-order valence-corrected chi connectivity index (χ4v) is 0.510. The van der Waals surface area contributed by atoms with E-state index in [0.717, 1.165) is 0 Å². The van der Waals surface area contributed by atoms with Crippen LogP contribution in [0.4, 0.5) is 4.79 Å². The summed E-state index contributed by atoms with van der Waals surface area (Å²) in [5.41, 5.74) is 0. The van der Waals surface area contributed by atoms with E-state index < -0.39 is 11.2 Å². The number of nitrogens with one attached hydrogen (secondary N) is 1. The number of carboxylic acid groups (broad SMARTS) is 1. The average Bonchev–Trinajstić information content (AvgIpc) is 1.83. The van der Waals surface area contributed by atoms with E-state index in [-0.39, 0.29) is 65.7 Å². The maximum absolute atomic E-state index is 10.2. The van der Waals surface area contributed by atoms with Gasteiger partial charge >= 0.3 is 65.1 Å². The van der Waals surface area contributed by atoms with Crippen molar-refractivity contribution in [2.45, 2.75) is 0 Å². The van der Waals surface area contributed by atoms with Crippen molar-refractivity contribution >= 4 is 92.8 Å². The average molecular weight is 215 g/mol. The molecule has 0 unspecified atom stereocenters. The Morgan fingerprint density at radius 1 is 1.45 bits per heavy atom. The molecule has 0 spiro atoms. The minimum atomic E-state index is -1.06. The molecule has 0 radical (unpaired) electrons. The number of hydrogen-bond donors (Lipinski definition) is 3. The molecule has 0 heterocycles. The number of carbonyl (C=O) groups excluding carboxylic acids is 1. The van der Waals surface area contributed by atoms with Crippen molar-refractivity contribution in [1.29, 1.82) is 0 Å². The molecule has 0 aliphatic rings.